The molecule has 0 bridgehead atoms. The van der Waals surface area contributed by atoms with Crippen LogP contribution in [0.1, 0.15) is 40.5 Å². The first kappa shape index (κ1) is 7.77. The van der Waals surface area contributed by atoms with E-state index in [-0.39, 0.29) is 10.8 Å². The van der Waals surface area contributed by atoms with Gasteiger partial charge in [-0.3, -0.25) is 4.79 Å². The lowest BCUT2D eigenvalue weighted by Gasteiger charge is -2.19. The van der Waals surface area contributed by atoms with E-state index in [1.54, 1.807) is 0 Å². The van der Waals surface area contributed by atoms with Crippen molar-refractivity contribution in [1.82, 2.24) is 0 Å². The van der Waals surface area contributed by atoms with Crippen molar-refractivity contribution in [3.8, 4) is 0 Å². The molecular formula is C9H16O. The lowest BCUT2D eigenvalue weighted by molar-refractivity contribution is -0.124. The van der Waals surface area contributed by atoms with E-state index in [4.69, 9.17) is 0 Å². The number of carbonyl (C=O) groups is 1. The minimum Gasteiger partial charge on any atom is -0.299 e. The topological polar surface area (TPSA) is 17.1 Å². The van der Waals surface area contributed by atoms with Crippen LogP contribution in [0.5, 0.6) is 0 Å². The molecule has 0 unspecified atom stereocenters. The zero-order chi connectivity index (χ0) is 7.99. The Balaban J connectivity index is 2.81. The van der Waals surface area contributed by atoms with Crippen LogP contribution in [0.2, 0.25) is 0 Å². The summed E-state index contributed by atoms with van der Waals surface area (Å²) >= 11 is 0. The maximum absolute atomic E-state index is 11.3. The summed E-state index contributed by atoms with van der Waals surface area (Å²) in [5, 5.41) is 0. The highest BCUT2D eigenvalue weighted by Crippen LogP contribution is 2.45. The summed E-state index contributed by atoms with van der Waals surface area (Å²) in [5.41, 5.74) is 0.198. The smallest absolute Gasteiger partial charge is 0.139 e. The fourth-order valence-corrected chi connectivity index (χ4v) is 2.03. The Hall–Kier alpha value is -0.330. The number of carbonyl (C=O) groups excluding carboxylic acids is 1. The summed E-state index contributed by atoms with van der Waals surface area (Å²) in [7, 11) is 0. The van der Waals surface area contributed by atoms with Gasteiger partial charge in [0.1, 0.15) is 5.78 Å². The quantitative estimate of drug-likeness (QED) is 0.505. The molecule has 1 nitrogen and oxygen atoms in total. The van der Waals surface area contributed by atoms with Crippen molar-refractivity contribution in [2.45, 2.75) is 40.5 Å². The number of rotatable bonds is 0. The Labute approximate surface area is 62.8 Å². The van der Waals surface area contributed by atoms with Gasteiger partial charge >= 0.3 is 0 Å². The molecule has 0 atom stereocenters. The number of hydrogen-bond donors (Lipinski definition) is 0. The maximum atomic E-state index is 11.3. The monoisotopic (exact) mass is 140 g/mol. The molecule has 0 aromatic heterocycles. The van der Waals surface area contributed by atoms with Crippen LogP contribution in [0.3, 0.4) is 0 Å². The third-order valence-corrected chi connectivity index (χ3v) is 2.31. The summed E-state index contributed by atoms with van der Waals surface area (Å²) in [5.74, 6) is 0.428. The van der Waals surface area contributed by atoms with Crippen LogP contribution >= 0.6 is 0 Å². The third-order valence-electron chi connectivity index (χ3n) is 2.31. The molecule has 1 aliphatic carbocycles. The fourth-order valence-electron chi connectivity index (χ4n) is 2.03. The van der Waals surface area contributed by atoms with Gasteiger partial charge < -0.3 is 0 Å². The number of ketones is 1. The molecule has 0 heterocycles. The molecule has 0 aliphatic heterocycles. The van der Waals surface area contributed by atoms with Crippen LogP contribution in [-0.4, -0.2) is 5.78 Å². The van der Waals surface area contributed by atoms with E-state index < -0.39 is 0 Å². The van der Waals surface area contributed by atoms with Crippen molar-refractivity contribution in [2.24, 2.45) is 10.8 Å². The average molecular weight is 140 g/mol. The molecule has 1 aliphatic rings. The van der Waals surface area contributed by atoms with Gasteiger partial charge in [0.2, 0.25) is 0 Å². The molecule has 0 aromatic rings. The minimum absolute atomic E-state index is 0.0521. The second-order valence-electron chi connectivity index (χ2n) is 4.82. The predicted octanol–water partition coefficient (Wildman–Crippen LogP) is 2.40. The molecule has 1 rings (SSSR count). The zero-order valence-corrected chi connectivity index (χ0v) is 7.32. The van der Waals surface area contributed by atoms with Gasteiger partial charge in [-0.1, -0.05) is 27.7 Å². The Morgan fingerprint density at radius 1 is 1.20 bits per heavy atom. The molecule has 0 radical (unpaired) electrons. The maximum Gasteiger partial charge on any atom is 0.139 e. The third kappa shape index (κ3) is 1.23. The van der Waals surface area contributed by atoms with Crippen LogP contribution in [0, 0.1) is 10.8 Å². The van der Waals surface area contributed by atoms with Crippen molar-refractivity contribution in [3.05, 3.63) is 0 Å². The van der Waals surface area contributed by atoms with Crippen molar-refractivity contribution in [2.75, 3.05) is 0 Å². The lowest BCUT2D eigenvalue weighted by Crippen LogP contribution is -2.16. The second kappa shape index (κ2) is 1.84. The van der Waals surface area contributed by atoms with Crippen molar-refractivity contribution in [3.63, 3.8) is 0 Å². The molecule has 1 fully saturated rings. The normalized spacial score (nSPS) is 29.0. The Bertz CT molecular complexity index is 166. The van der Waals surface area contributed by atoms with Gasteiger partial charge in [-0.2, -0.15) is 0 Å². The highest BCUT2D eigenvalue weighted by atomic mass is 16.1. The highest BCUT2D eigenvalue weighted by Gasteiger charge is 2.43. The van der Waals surface area contributed by atoms with E-state index in [9.17, 15) is 4.79 Å². The van der Waals surface area contributed by atoms with Crippen LogP contribution in [0.4, 0.5) is 0 Å². The average Bonchev–Trinajstić information content (AvgIpc) is 1.73. The van der Waals surface area contributed by atoms with Gasteiger partial charge in [-0.25, -0.2) is 0 Å². The first-order valence-electron chi connectivity index (χ1n) is 3.87. The number of hydrogen-bond acceptors (Lipinski definition) is 1. The van der Waals surface area contributed by atoms with Crippen molar-refractivity contribution in [1.29, 1.82) is 0 Å². The summed E-state index contributed by atoms with van der Waals surface area (Å²) in [6.45, 7) is 8.42. The standard InChI is InChI=1S/C9H16O/c1-8(2)5-7(10)9(3,4)6-8/h5-6H2,1-4H3. The highest BCUT2D eigenvalue weighted by molar-refractivity contribution is 5.86. The van der Waals surface area contributed by atoms with Crippen LogP contribution < -0.4 is 0 Å². The minimum atomic E-state index is -0.0521. The summed E-state index contributed by atoms with van der Waals surface area (Å²) in [4.78, 5) is 11.3. The molecule has 0 spiro atoms. The zero-order valence-electron chi connectivity index (χ0n) is 7.32. The molecule has 0 N–H and O–H groups in total. The lowest BCUT2D eigenvalue weighted by atomic mass is 9.85. The van der Waals surface area contributed by atoms with E-state index in [2.05, 4.69) is 13.8 Å². The van der Waals surface area contributed by atoms with Crippen LogP contribution in [-0.2, 0) is 4.79 Å². The van der Waals surface area contributed by atoms with E-state index in [1.807, 2.05) is 13.8 Å². The van der Waals surface area contributed by atoms with Gasteiger partial charge in [0.15, 0.2) is 0 Å². The molecule has 0 saturated heterocycles. The molecule has 58 valence electrons. The van der Waals surface area contributed by atoms with E-state index >= 15 is 0 Å². The van der Waals surface area contributed by atoms with Gasteiger partial charge in [0.05, 0.1) is 0 Å². The first-order chi connectivity index (χ1) is 4.33. The van der Waals surface area contributed by atoms with Crippen molar-refractivity contribution < 1.29 is 4.79 Å². The molecule has 10 heavy (non-hydrogen) atoms. The summed E-state index contributed by atoms with van der Waals surface area (Å²) in [6, 6.07) is 0. The molecular weight excluding hydrogens is 124 g/mol. The largest absolute Gasteiger partial charge is 0.299 e. The molecule has 0 amide bonds. The molecule has 1 saturated carbocycles. The first-order valence-corrected chi connectivity index (χ1v) is 3.87. The second-order valence-corrected chi connectivity index (χ2v) is 4.82. The van der Waals surface area contributed by atoms with Gasteiger partial charge in [-0.15, -0.1) is 0 Å². The van der Waals surface area contributed by atoms with Crippen LogP contribution in [0.15, 0.2) is 0 Å². The van der Waals surface area contributed by atoms with Crippen molar-refractivity contribution >= 4 is 5.78 Å². The van der Waals surface area contributed by atoms with Gasteiger partial charge in [0, 0.05) is 11.8 Å². The summed E-state index contributed by atoms with van der Waals surface area (Å²) < 4.78 is 0. The van der Waals surface area contributed by atoms with Crippen LogP contribution in [0.25, 0.3) is 0 Å². The molecule has 0 aromatic carbocycles. The number of Topliss-reactive ketones (excluding diaryl/α,β-unsaturated/α-hetero) is 1. The van der Waals surface area contributed by atoms with E-state index in [0.29, 0.717) is 5.78 Å². The fraction of sp³-hybridized carbons (Fsp3) is 0.889. The summed E-state index contributed by atoms with van der Waals surface area (Å²) in [6.07, 6.45) is 1.80. The van der Waals surface area contributed by atoms with Gasteiger partial charge in [-0.05, 0) is 11.8 Å². The Morgan fingerprint density at radius 3 is 1.80 bits per heavy atom. The van der Waals surface area contributed by atoms with E-state index in [1.165, 1.54) is 0 Å². The molecule has 1 heteroatoms. The van der Waals surface area contributed by atoms with E-state index in [0.717, 1.165) is 12.8 Å². The van der Waals surface area contributed by atoms with Gasteiger partial charge in [0.25, 0.3) is 0 Å². The predicted molar refractivity (Wildman–Crippen MR) is 41.8 cm³/mol. The Kier molecular flexibility index (Phi) is 1.43. The Morgan fingerprint density at radius 2 is 1.70 bits per heavy atom. The SMILES string of the molecule is CC1(C)CC(=O)C(C)(C)C1.